The Morgan fingerprint density at radius 2 is 2.00 bits per heavy atom. The second kappa shape index (κ2) is 5.79. The Morgan fingerprint density at radius 3 is 2.50 bits per heavy atom. The van der Waals surface area contributed by atoms with E-state index in [2.05, 4.69) is 5.48 Å². The highest BCUT2D eigenvalue weighted by Crippen LogP contribution is 2.42. The van der Waals surface area contributed by atoms with E-state index in [0.29, 0.717) is 22.1 Å². The first-order chi connectivity index (χ1) is 7.65. The number of hydrogen-bond acceptors (Lipinski definition) is 5. The van der Waals surface area contributed by atoms with Crippen molar-refractivity contribution in [2.24, 2.45) is 0 Å². The fourth-order valence-electron chi connectivity index (χ4n) is 1.29. The first-order valence-corrected chi connectivity index (χ1v) is 4.91. The van der Waals surface area contributed by atoms with Crippen molar-refractivity contribution >= 4 is 11.6 Å². The van der Waals surface area contributed by atoms with E-state index in [1.807, 2.05) is 0 Å². The standard InChI is InChI=1S/C10H14ClNO4/c1-14-8-4-7(13)6(5-12-16-3)9(11)10(8)15-2/h4,12-13H,5H2,1-3H3. The predicted molar refractivity (Wildman–Crippen MR) is 60.1 cm³/mol. The van der Waals surface area contributed by atoms with Crippen LogP contribution >= 0.6 is 11.6 Å². The minimum absolute atomic E-state index is 0.0206. The largest absolute Gasteiger partial charge is 0.507 e. The predicted octanol–water partition coefficient (Wildman–Crippen LogP) is 1.71. The number of nitrogens with one attached hydrogen (secondary N) is 1. The zero-order valence-corrected chi connectivity index (χ0v) is 10.1. The molecule has 0 aliphatic heterocycles. The summed E-state index contributed by atoms with van der Waals surface area (Å²) in [5.41, 5.74) is 3.08. The highest BCUT2D eigenvalue weighted by molar-refractivity contribution is 6.33. The van der Waals surface area contributed by atoms with Crippen molar-refractivity contribution in [1.29, 1.82) is 0 Å². The number of benzene rings is 1. The van der Waals surface area contributed by atoms with Gasteiger partial charge in [0.2, 0.25) is 0 Å². The molecule has 16 heavy (non-hydrogen) atoms. The number of hydrogen-bond donors (Lipinski definition) is 2. The molecule has 90 valence electrons. The molecular formula is C10H14ClNO4. The highest BCUT2D eigenvalue weighted by Gasteiger charge is 2.17. The third-order valence-corrected chi connectivity index (χ3v) is 2.48. The summed E-state index contributed by atoms with van der Waals surface area (Å²) in [6.45, 7) is 0.265. The SMILES string of the molecule is CONCc1c(O)cc(OC)c(OC)c1Cl. The summed E-state index contributed by atoms with van der Waals surface area (Å²) >= 11 is 6.07. The number of ether oxygens (including phenoxy) is 2. The van der Waals surface area contributed by atoms with Gasteiger partial charge in [0.1, 0.15) is 5.75 Å². The molecule has 0 aliphatic carbocycles. The number of phenolic OH excluding ortho intramolecular Hbond substituents is 1. The molecule has 0 heterocycles. The van der Waals surface area contributed by atoms with Crippen LogP contribution in [0.15, 0.2) is 6.07 Å². The number of phenols is 1. The molecular weight excluding hydrogens is 234 g/mol. The topological polar surface area (TPSA) is 60.0 Å². The minimum Gasteiger partial charge on any atom is -0.507 e. The zero-order valence-electron chi connectivity index (χ0n) is 9.33. The maximum atomic E-state index is 9.73. The molecule has 0 radical (unpaired) electrons. The normalized spacial score (nSPS) is 10.2. The van der Waals surface area contributed by atoms with Gasteiger partial charge in [-0.15, -0.1) is 0 Å². The Kier molecular flexibility index (Phi) is 4.67. The fraction of sp³-hybridized carbons (Fsp3) is 0.400. The molecule has 0 unspecified atom stereocenters. The molecule has 6 heteroatoms. The maximum Gasteiger partial charge on any atom is 0.179 e. The van der Waals surface area contributed by atoms with E-state index >= 15 is 0 Å². The third-order valence-electron chi connectivity index (χ3n) is 2.08. The Balaban J connectivity index is 3.18. The van der Waals surface area contributed by atoms with Crippen LogP contribution in [0.1, 0.15) is 5.56 Å². The Labute approximate surface area is 98.8 Å². The van der Waals surface area contributed by atoms with Crippen LogP contribution in [0.25, 0.3) is 0 Å². The summed E-state index contributed by atoms with van der Waals surface area (Å²) in [7, 11) is 4.43. The van der Waals surface area contributed by atoms with Crippen LogP contribution in [0.2, 0.25) is 5.02 Å². The average molecular weight is 248 g/mol. The van der Waals surface area contributed by atoms with E-state index in [1.165, 1.54) is 27.4 Å². The van der Waals surface area contributed by atoms with Gasteiger partial charge < -0.3 is 19.4 Å². The monoisotopic (exact) mass is 247 g/mol. The number of aromatic hydroxyl groups is 1. The lowest BCUT2D eigenvalue weighted by molar-refractivity contribution is 0.0861. The summed E-state index contributed by atoms with van der Waals surface area (Å²) in [6.07, 6.45) is 0. The van der Waals surface area contributed by atoms with E-state index in [4.69, 9.17) is 25.9 Å². The fourth-order valence-corrected chi connectivity index (χ4v) is 1.62. The van der Waals surface area contributed by atoms with Gasteiger partial charge >= 0.3 is 0 Å². The van der Waals surface area contributed by atoms with Crippen molar-refractivity contribution in [3.05, 3.63) is 16.7 Å². The first-order valence-electron chi connectivity index (χ1n) is 4.53. The lowest BCUT2D eigenvalue weighted by Gasteiger charge is -2.14. The second-order valence-electron chi connectivity index (χ2n) is 2.95. The third kappa shape index (κ3) is 2.49. The van der Waals surface area contributed by atoms with Crippen molar-refractivity contribution in [1.82, 2.24) is 5.48 Å². The Morgan fingerprint density at radius 1 is 1.31 bits per heavy atom. The molecule has 0 bridgehead atoms. The van der Waals surface area contributed by atoms with Gasteiger partial charge in [0.15, 0.2) is 11.5 Å². The molecule has 0 amide bonds. The van der Waals surface area contributed by atoms with Crippen LogP contribution in [0.4, 0.5) is 0 Å². The van der Waals surface area contributed by atoms with Crippen LogP contribution in [0.5, 0.6) is 17.2 Å². The van der Waals surface area contributed by atoms with E-state index in [9.17, 15) is 5.11 Å². The molecule has 0 aliphatic rings. The molecule has 1 aromatic rings. The van der Waals surface area contributed by atoms with E-state index < -0.39 is 0 Å². The van der Waals surface area contributed by atoms with Crippen LogP contribution < -0.4 is 15.0 Å². The zero-order chi connectivity index (χ0) is 12.1. The number of hydroxylamine groups is 1. The molecule has 0 aromatic heterocycles. The van der Waals surface area contributed by atoms with E-state index in [1.54, 1.807) is 0 Å². The van der Waals surface area contributed by atoms with Crippen molar-refractivity contribution in [3.8, 4) is 17.2 Å². The van der Waals surface area contributed by atoms with Gasteiger partial charge in [0.05, 0.1) is 32.9 Å². The molecule has 0 fully saturated rings. The van der Waals surface area contributed by atoms with Crippen molar-refractivity contribution < 1.29 is 19.4 Å². The molecule has 1 rings (SSSR count). The first kappa shape index (κ1) is 12.9. The minimum atomic E-state index is 0.0206. The number of rotatable bonds is 5. The molecule has 0 spiro atoms. The molecule has 0 saturated heterocycles. The number of halogens is 1. The van der Waals surface area contributed by atoms with Gasteiger partial charge in [-0.1, -0.05) is 11.6 Å². The Bertz CT molecular complexity index is 370. The van der Waals surface area contributed by atoms with Gasteiger partial charge in [0, 0.05) is 11.6 Å². The van der Waals surface area contributed by atoms with Crippen LogP contribution in [-0.2, 0) is 11.4 Å². The van der Waals surface area contributed by atoms with E-state index in [-0.39, 0.29) is 12.3 Å². The smallest absolute Gasteiger partial charge is 0.179 e. The summed E-state index contributed by atoms with van der Waals surface area (Å²) in [5, 5.41) is 10.0. The molecule has 2 N–H and O–H groups in total. The van der Waals surface area contributed by atoms with Gasteiger partial charge in [-0.25, -0.2) is 0 Å². The summed E-state index contributed by atoms with van der Waals surface area (Å²) in [4.78, 5) is 4.69. The highest BCUT2D eigenvalue weighted by atomic mass is 35.5. The quantitative estimate of drug-likeness (QED) is 0.776. The van der Waals surface area contributed by atoms with Crippen molar-refractivity contribution in [3.63, 3.8) is 0 Å². The summed E-state index contributed by atoms with van der Waals surface area (Å²) in [6, 6.07) is 1.44. The van der Waals surface area contributed by atoms with Crippen molar-refractivity contribution in [2.45, 2.75) is 6.54 Å². The lowest BCUT2D eigenvalue weighted by Crippen LogP contribution is -2.11. The van der Waals surface area contributed by atoms with Gasteiger partial charge in [-0.2, -0.15) is 5.48 Å². The van der Waals surface area contributed by atoms with Gasteiger partial charge in [-0.05, 0) is 0 Å². The van der Waals surface area contributed by atoms with E-state index in [0.717, 1.165) is 0 Å². The lowest BCUT2D eigenvalue weighted by atomic mass is 10.1. The summed E-state index contributed by atoms with van der Waals surface area (Å²) < 4.78 is 10.1. The maximum absolute atomic E-state index is 9.73. The second-order valence-corrected chi connectivity index (χ2v) is 3.33. The molecule has 0 atom stereocenters. The van der Waals surface area contributed by atoms with Crippen LogP contribution in [-0.4, -0.2) is 26.4 Å². The van der Waals surface area contributed by atoms with Crippen molar-refractivity contribution in [2.75, 3.05) is 21.3 Å². The van der Waals surface area contributed by atoms with Gasteiger partial charge in [-0.3, -0.25) is 0 Å². The molecule has 0 saturated carbocycles. The van der Waals surface area contributed by atoms with Crippen LogP contribution in [0, 0.1) is 0 Å². The Hall–Kier alpha value is -1.17. The summed E-state index contributed by atoms with van der Waals surface area (Å²) in [5.74, 6) is 0.785. The molecule has 5 nitrogen and oxygen atoms in total. The molecule has 1 aromatic carbocycles. The number of methoxy groups -OCH3 is 2. The van der Waals surface area contributed by atoms with Crippen LogP contribution in [0.3, 0.4) is 0 Å². The average Bonchev–Trinajstić information content (AvgIpc) is 2.28. The van der Waals surface area contributed by atoms with Gasteiger partial charge in [0.25, 0.3) is 0 Å².